The first kappa shape index (κ1) is 12.7. The molecule has 1 aliphatic rings. The molecule has 0 bridgehead atoms. The second-order valence-corrected chi connectivity index (χ2v) is 4.89. The molecule has 1 fully saturated rings. The quantitative estimate of drug-likeness (QED) is 0.793. The van der Waals surface area contributed by atoms with Crippen molar-refractivity contribution in [1.82, 2.24) is 0 Å². The number of benzene rings is 1. The smallest absolute Gasteiger partial charge is 0.337 e. The minimum Gasteiger partial charge on any atom is -0.478 e. The van der Waals surface area contributed by atoms with Gasteiger partial charge in [0.2, 0.25) is 0 Å². The molecule has 1 aromatic carbocycles. The Bertz CT molecular complexity index is 476. The van der Waals surface area contributed by atoms with Gasteiger partial charge in [-0.15, -0.1) is 0 Å². The number of nitrogens with two attached hydrogens (primary N) is 1. The number of nitrogens with zero attached hydrogens (tertiary/aromatic N) is 1. The summed E-state index contributed by atoms with van der Waals surface area (Å²) >= 11 is 0. The molecular weight excluding hydrogens is 235 g/mol. The Morgan fingerprint density at radius 1 is 1.56 bits per heavy atom. The van der Waals surface area contributed by atoms with Crippen molar-refractivity contribution in [3.05, 3.63) is 23.5 Å². The summed E-state index contributed by atoms with van der Waals surface area (Å²) in [5, 5.41) is 9.01. The van der Waals surface area contributed by atoms with E-state index in [-0.39, 0.29) is 11.3 Å². The molecular formula is C13H17FN2O2. The number of carboxylic acids is 1. The molecule has 98 valence electrons. The van der Waals surface area contributed by atoms with Crippen LogP contribution in [-0.4, -0.2) is 24.2 Å². The van der Waals surface area contributed by atoms with E-state index in [2.05, 4.69) is 6.92 Å². The van der Waals surface area contributed by atoms with E-state index in [1.54, 1.807) is 0 Å². The molecule has 1 aromatic rings. The minimum absolute atomic E-state index is 0.0335. The van der Waals surface area contributed by atoms with Crippen molar-refractivity contribution in [2.24, 2.45) is 5.92 Å². The Labute approximate surface area is 105 Å². The van der Waals surface area contributed by atoms with E-state index in [1.165, 1.54) is 6.07 Å². The molecule has 0 radical (unpaired) electrons. The third kappa shape index (κ3) is 2.39. The third-order valence-corrected chi connectivity index (χ3v) is 3.35. The molecule has 18 heavy (non-hydrogen) atoms. The second-order valence-electron chi connectivity index (χ2n) is 4.89. The van der Waals surface area contributed by atoms with Gasteiger partial charge in [0.1, 0.15) is 5.82 Å². The fourth-order valence-electron chi connectivity index (χ4n) is 2.41. The van der Waals surface area contributed by atoms with Gasteiger partial charge >= 0.3 is 5.97 Å². The topological polar surface area (TPSA) is 66.6 Å². The molecule has 2 rings (SSSR count). The molecule has 1 unspecified atom stereocenters. The predicted octanol–water partition coefficient (Wildman–Crippen LogP) is 2.34. The van der Waals surface area contributed by atoms with Gasteiger partial charge in [-0.1, -0.05) is 6.92 Å². The zero-order valence-corrected chi connectivity index (χ0v) is 10.3. The first-order valence-electron chi connectivity index (χ1n) is 6.06. The molecule has 4 nitrogen and oxygen atoms in total. The van der Waals surface area contributed by atoms with Crippen LogP contribution in [0.5, 0.6) is 0 Å². The highest BCUT2D eigenvalue weighted by molar-refractivity contribution is 5.95. The minimum atomic E-state index is -1.13. The summed E-state index contributed by atoms with van der Waals surface area (Å²) in [6.45, 7) is 3.61. The maximum atomic E-state index is 13.9. The molecule has 1 saturated heterocycles. The van der Waals surface area contributed by atoms with Gasteiger partial charge in [-0.3, -0.25) is 0 Å². The van der Waals surface area contributed by atoms with Gasteiger partial charge in [-0.05, 0) is 30.9 Å². The number of hydrogen-bond acceptors (Lipinski definition) is 3. The number of piperidine rings is 1. The largest absolute Gasteiger partial charge is 0.478 e. The number of nitrogen functional groups attached to an aromatic ring is 1. The van der Waals surface area contributed by atoms with E-state index in [0.717, 1.165) is 32.0 Å². The molecule has 0 aliphatic carbocycles. The van der Waals surface area contributed by atoms with Gasteiger partial charge in [-0.25, -0.2) is 9.18 Å². The standard InChI is InChI=1S/C13H17FN2O2/c1-8-3-2-4-16(7-8)12-5-9(13(17)18)11(15)6-10(12)14/h5-6,8H,2-4,7,15H2,1H3,(H,17,18). The van der Waals surface area contributed by atoms with Crippen molar-refractivity contribution in [2.75, 3.05) is 23.7 Å². The Hall–Kier alpha value is -1.78. The monoisotopic (exact) mass is 252 g/mol. The Morgan fingerprint density at radius 2 is 2.28 bits per heavy atom. The van der Waals surface area contributed by atoms with Crippen LogP contribution < -0.4 is 10.6 Å². The molecule has 0 spiro atoms. The van der Waals surface area contributed by atoms with Gasteiger partial charge in [0, 0.05) is 18.8 Å². The number of anilines is 2. The number of carbonyl (C=O) groups is 1. The molecule has 0 amide bonds. The lowest BCUT2D eigenvalue weighted by Gasteiger charge is -2.33. The van der Waals surface area contributed by atoms with Crippen molar-refractivity contribution in [2.45, 2.75) is 19.8 Å². The van der Waals surface area contributed by atoms with E-state index < -0.39 is 11.8 Å². The first-order chi connectivity index (χ1) is 8.49. The average Bonchev–Trinajstić information content (AvgIpc) is 2.28. The van der Waals surface area contributed by atoms with E-state index in [0.29, 0.717) is 11.6 Å². The third-order valence-electron chi connectivity index (χ3n) is 3.35. The molecule has 0 aromatic heterocycles. The first-order valence-corrected chi connectivity index (χ1v) is 6.06. The molecule has 0 saturated carbocycles. The van der Waals surface area contributed by atoms with Crippen LogP contribution in [0.15, 0.2) is 12.1 Å². The molecule has 3 N–H and O–H groups in total. The Morgan fingerprint density at radius 3 is 2.89 bits per heavy atom. The van der Waals surface area contributed by atoms with E-state index in [4.69, 9.17) is 10.8 Å². The molecule has 5 heteroatoms. The molecule has 1 atom stereocenters. The highest BCUT2D eigenvalue weighted by Gasteiger charge is 2.21. The highest BCUT2D eigenvalue weighted by atomic mass is 19.1. The van der Waals surface area contributed by atoms with Crippen molar-refractivity contribution in [3.63, 3.8) is 0 Å². The van der Waals surface area contributed by atoms with Crippen molar-refractivity contribution in [1.29, 1.82) is 0 Å². The summed E-state index contributed by atoms with van der Waals surface area (Å²) in [6.07, 6.45) is 2.12. The van der Waals surface area contributed by atoms with E-state index >= 15 is 0 Å². The van der Waals surface area contributed by atoms with Gasteiger partial charge in [0.15, 0.2) is 0 Å². The number of rotatable bonds is 2. The lowest BCUT2D eigenvalue weighted by atomic mass is 9.99. The van der Waals surface area contributed by atoms with Crippen molar-refractivity contribution in [3.8, 4) is 0 Å². The average molecular weight is 252 g/mol. The SMILES string of the molecule is CC1CCCN(c2cc(C(=O)O)c(N)cc2F)C1. The maximum Gasteiger partial charge on any atom is 0.337 e. The molecule has 1 aliphatic heterocycles. The van der Waals surface area contributed by atoms with Gasteiger partial charge < -0.3 is 15.7 Å². The fourth-order valence-corrected chi connectivity index (χ4v) is 2.41. The number of hydrogen-bond donors (Lipinski definition) is 2. The van der Waals surface area contributed by atoms with Crippen LogP contribution in [-0.2, 0) is 0 Å². The Balaban J connectivity index is 2.37. The highest BCUT2D eigenvalue weighted by Crippen LogP contribution is 2.29. The van der Waals surface area contributed by atoms with E-state index in [9.17, 15) is 9.18 Å². The number of halogens is 1. The summed E-state index contributed by atoms with van der Waals surface area (Å²) < 4.78 is 13.9. The van der Waals surface area contributed by atoms with Gasteiger partial charge in [-0.2, -0.15) is 0 Å². The van der Waals surface area contributed by atoms with Crippen LogP contribution in [0.3, 0.4) is 0 Å². The van der Waals surface area contributed by atoms with Crippen LogP contribution in [0.25, 0.3) is 0 Å². The van der Waals surface area contributed by atoms with Crippen molar-refractivity contribution >= 4 is 17.3 Å². The number of aromatic carboxylic acids is 1. The fraction of sp³-hybridized carbons (Fsp3) is 0.462. The lowest BCUT2D eigenvalue weighted by Crippen LogP contribution is -2.35. The second kappa shape index (κ2) is 4.84. The van der Waals surface area contributed by atoms with E-state index in [1.807, 2.05) is 4.90 Å². The lowest BCUT2D eigenvalue weighted by molar-refractivity contribution is 0.0698. The Kier molecular flexibility index (Phi) is 3.41. The van der Waals surface area contributed by atoms with Crippen LogP contribution in [0.1, 0.15) is 30.1 Å². The normalized spacial score (nSPS) is 19.9. The zero-order valence-electron chi connectivity index (χ0n) is 10.3. The predicted molar refractivity (Wildman–Crippen MR) is 68.4 cm³/mol. The van der Waals surface area contributed by atoms with Crippen molar-refractivity contribution < 1.29 is 14.3 Å². The summed E-state index contributed by atoms with van der Waals surface area (Å²) in [7, 11) is 0. The summed E-state index contributed by atoms with van der Waals surface area (Å²) in [4.78, 5) is 12.9. The van der Waals surface area contributed by atoms with Crippen LogP contribution in [0, 0.1) is 11.7 Å². The van der Waals surface area contributed by atoms with Gasteiger partial charge in [0.05, 0.1) is 11.3 Å². The summed E-state index contributed by atoms with van der Waals surface area (Å²) in [6, 6.07) is 2.43. The van der Waals surface area contributed by atoms with Crippen LogP contribution >= 0.6 is 0 Å². The van der Waals surface area contributed by atoms with Gasteiger partial charge in [0.25, 0.3) is 0 Å². The number of carboxylic acid groups (broad SMARTS) is 1. The summed E-state index contributed by atoms with van der Waals surface area (Å²) in [5.41, 5.74) is 5.78. The molecule has 1 heterocycles. The summed E-state index contributed by atoms with van der Waals surface area (Å²) in [5.74, 6) is -1.09. The maximum absolute atomic E-state index is 13.9. The van der Waals surface area contributed by atoms with Crippen LogP contribution in [0.4, 0.5) is 15.8 Å². The van der Waals surface area contributed by atoms with Crippen LogP contribution in [0.2, 0.25) is 0 Å². The zero-order chi connectivity index (χ0) is 13.3.